The molecule has 1 heterocycles. The molecule has 1 fully saturated rings. The second-order valence-electron chi connectivity index (χ2n) is 3.66. The van der Waals surface area contributed by atoms with Crippen LogP contribution in [0.5, 0.6) is 0 Å². The van der Waals surface area contributed by atoms with E-state index in [1.165, 1.54) is 24.3 Å². The third-order valence-electron chi connectivity index (χ3n) is 2.55. The van der Waals surface area contributed by atoms with Crippen molar-refractivity contribution in [2.24, 2.45) is 0 Å². The summed E-state index contributed by atoms with van der Waals surface area (Å²) in [4.78, 5) is 11.8. The zero-order valence-corrected chi connectivity index (χ0v) is 10.2. The van der Waals surface area contributed by atoms with Gasteiger partial charge in [-0.3, -0.25) is 4.79 Å². The lowest BCUT2D eigenvalue weighted by Gasteiger charge is -2.00. The molecule has 82 valence electrons. The van der Waals surface area contributed by atoms with Gasteiger partial charge in [0.25, 0.3) is 0 Å². The molecular formula is C12H15ClOS. The van der Waals surface area contributed by atoms with E-state index in [1.807, 2.05) is 30.3 Å². The molecule has 1 saturated heterocycles. The summed E-state index contributed by atoms with van der Waals surface area (Å²) in [5.74, 6) is 3.66. The maximum atomic E-state index is 11.8. The van der Waals surface area contributed by atoms with E-state index in [-0.39, 0.29) is 12.4 Å². The number of rotatable bonds is 3. The van der Waals surface area contributed by atoms with E-state index in [1.54, 1.807) is 0 Å². The molecule has 0 N–H and O–H groups in total. The minimum atomic E-state index is 0. The van der Waals surface area contributed by atoms with Gasteiger partial charge in [0.1, 0.15) is 11.5 Å². The van der Waals surface area contributed by atoms with Crippen LogP contribution >= 0.6 is 0 Å². The van der Waals surface area contributed by atoms with Crippen LogP contribution in [-0.2, 0) is 10.9 Å². The Morgan fingerprint density at radius 3 is 2.33 bits per heavy atom. The monoisotopic (exact) mass is 242 g/mol. The highest BCUT2D eigenvalue weighted by molar-refractivity contribution is 7.97. The molecule has 0 aromatic heterocycles. The zero-order valence-electron chi connectivity index (χ0n) is 8.62. The van der Waals surface area contributed by atoms with Gasteiger partial charge in [-0.05, 0) is 23.7 Å². The molecule has 0 saturated carbocycles. The standard InChI is InChI=1S/C12H15OS.ClH/c13-12(10-14-8-4-5-9-14)11-6-2-1-3-7-11;/h1-3,6-7H,4-5,8-10H2;1H/q+1;/p-1. The number of Topliss-reactive ketones (excluding diaryl/α,β-unsaturated/α-hetero) is 1. The molecule has 0 aliphatic carbocycles. The summed E-state index contributed by atoms with van der Waals surface area (Å²) >= 11 is 0. The SMILES string of the molecule is O=C(C[S+]1CCCC1)c1ccccc1.[Cl-]. The van der Waals surface area contributed by atoms with Gasteiger partial charge in [0.05, 0.1) is 0 Å². The van der Waals surface area contributed by atoms with Gasteiger partial charge in [-0.1, -0.05) is 30.3 Å². The van der Waals surface area contributed by atoms with Gasteiger partial charge in [-0.25, -0.2) is 0 Å². The lowest BCUT2D eigenvalue weighted by Crippen LogP contribution is -3.00. The van der Waals surface area contributed by atoms with Gasteiger partial charge in [0, 0.05) is 5.56 Å². The van der Waals surface area contributed by atoms with Crippen molar-refractivity contribution in [2.45, 2.75) is 12.8 Å². The van der Waals surface area contributed by atoms with Crippen LogP contribution < -0.4 is 12.4 Å². The topological polar surface area (TPSA) is 17.1 Å². The number of hydrogen-bond acceptors (Lipinski definition) is 1. The fourth-order valence-electron chi connectivity index (χ4n) is 1.75. The molecule has 15 heavy (non-hydrogen) atoms. The normalized spacial score (nSPS) is 16.0. The van der Waals surface area contributed by atoms with Crippen molar-refractivity contribution in [1.29, 1.82) is 0 Å². The molecule has 0 atom stereocenters. The Morgan fingerprint density at radius 2 is 1.73 bits per heavy atom. The number of carbonyl (C=O) groups is 1. The largest absolute Gasteiger partial charge is 1.00 e. The second-order valence-corrected chi connectivity index (χ2v) is 5.99. The van der Waals surface area contributed by atoms with Crippen molar-refractivity contribution in [3.8, 4) is 0 Å². The van der Waals surface area contributed by atoms with Crippen LogP contribution in [0.15, 0.2) is 30.3 Å². The molecule has 0 radical (unpaired) electrons. The van der Waals surface area contributed by atoms with E-state index in [9.17, 15) is 4.79 Å². The molecule has 3 heteroatoms. The molecule has 1 nitrogen and oxygen atoms in total. The van der Waals surface area contributed by atoms with E-state index in [0.717, 1.165) is 11.3 Å². The van der Waals surface area contributed by atoms with Gasteiger partial charge < -0.3 is 12.4 Å². The van der Waals surface area contributed by atoms with Crippen molar-refractivity contribution in [2.75, 3.05) is 17.3 Å². The van der Waals surface area contributed by atoms with Crippen LogP contribution in [0.3, 0.4) is 0 Å². The second kappa shape index (κ2) is 6.19. The minimum absolute atomic E-state index is 0. The fraction of sp³-hybridized carbons (Fsp3) is 0.417. The first-order chi connectivity index (χ1) is 6.86. The summed E-state index contributed by atoms with van der Waals surface area (Å²) in [5.41, 5.74) is 0.881. The third kappa shape index (κ3) is 3.54. The van der Waals surface area contributed by atoms with Crippen molar-refractivity contribution < 1.29 is 17.2 Å². The smallest absolute Gasteiger partial charge is 0.211 e. The van der Waals surface area contributed by atoms with E-state index in [2.05, 4.69) is 0 Å². The molecule has 0 unspecified atom stereocenters. The Labute approximate surface area is 100 Å². The van der Waals surface area contributed by atoms with Crippen LogP contribution in [0.25, 0.3) is 0 Å². The predicted molar refractivity (Wildman–Crippen MR) is 62.0 cm³/mol. The van der Waals surface area contributed by atoms with Crippen molar-refractivity contribution in [3.63, 3.8) is 0 Å². The Kier molecular flexibility index (Phi) is 5.20. The highest BCUT2D eigenvalue weighted by atomic mass is 35.5. The van der Waals surface area contributed by atoms with E-state index < -0.39 is 0 Å². The van der Waals surface area contributed by atoms with Crippen molar-refractivity contribution in [3.05, 3.63) is 35.9 Å². The summed E-state index contributed by atoms with van der Waals surface area (Å²) < 4.78 is 0. The summed E-state index contributed by atoms with van der Waals surface area (Å²) in [6, 6.07) is 9.66. The quantitative estimate of drug-likeness (QED) is 0.506. The maximum Gasteiger partial charge on any atom is 0.211 e. The molecule has 2 rings (SSSR count). The Morgan fingerprint density at radius 1 is 1.13 bits per heavy atom. The molecule has 1 aliphatic heterocycles. The van der Waals surface area contributed by atoms with Crippen LogP contribution in [0.4, 0.5) is 0 Å². The van der Waals surface area contributed by atoms with Crippen LogP contribution in [0.1, 0.15) is 23.2 Å². The summed E-state index contributed by atoms with van der Waals surface area (Å²) in [6.45, 7) is 0. The Hall–Kier alpha value is -0.470. The average molecular weight is 243 g/mol. The van der Waals surface area contributed by atoms with Crippen LogP contribution in [0.2, 0.25) is 0 Å². The van der Waals surface area contributed by atoms with Gasteiger partial charge in [0.2, 0.25) is 5.78 Å². The van der Waals surface area contributed by atoms with Gasteiger partial charge >= 0.3 is 0 Å². The molecule has 1 aromatic carbocycles. The molecule has 1 aliphatic rings. The first-order valence-corrected chi connectivity index (χ1v) is 6.82. The van der Waals surface area contributed by atoms with Crippen molar-refractivity contribution >= 4 is 16.7 Å². The average Bonchev–Trinajstić information content (AvgIpc) is 2.72. The molecular weight excluding hydrogens is 228 g/mol. The first-order valence-electron chi connectivity index (χ1n) is 5.08. The maximum absolute atomic E-state index is 11.8. The summed E-state index contributed by atoms with van der Waals surface area (Å²) in [5, 5.41) is 0. The van der Waals surface area contributed by atoms with Crippen LogP contribution in [0, 0.1) is 0 Å². The lowest BCUT2D eigenvalue weighted by molar-refractivity contribution is -0.0000107. The molecule has 0 amide bonds. The Bertz CT molecular complexity index is 307. The van der Waals surface area contributed by atoms with Crippen LogP contribution in [-0.4, -0.2) is 23.0 Å². The lowest BCUT2D eigenvalue weighted by atomic mass is 10.2. The first kappa shape index (κ1) is 12.6. The zero-order chi connectivity index (χ0) is 9.80. The van der Waals surface area contributed by atoms with Gasteiger partial charge in [-0.15, -0.1) is 0 Å². The Balaban J connectivity index is 0.00000112. The molecule has 0 spiro atoms. The fourth-order valence-corrected chi connectivity index (χ4v) is 4.01. The number of hydrogen-bond donors (Lipinski definition) is 0. The predicted octanol–water partition coefficient (Wildman–Crippen LogP) is -0.715. The van der Waals surface area contributed by atoms with E-state index >= 15 is 0 Å². The summed E-state index contributed by atoms with van der Waals surface area (Å²) in [7, 11) is 0.393. The van der Waals surface area contributed by atoms with Gasteiger partial charge in [-0.2, -0.15) is 0 Å². The third-order valence-corrected chi connectivity index (χ3v) is 4.95. The number of ketones is 1. The van der Waals surface area contributed by atoms with Gasteiger partial charge in [0.15, 0.2) is 5.75 Å². The highest BCUT2D eigenvalue weighted by Crippen LogP contribution is 2.15. The summed E-state index contributed by atoms with van der Waals surface area (Å²) in [6.07, 6.45) is 2.65. The minimum Gasteiger partial charge on any atom is -1.00 e. The molecule has 1 aromatic rings. The number of benzene rings is 1. The highest BCUT2D eigenvalue weighted by Gasteiger charge is 2.27. The number of halogens is 1. The van der Waals surface area contributed by atoms with E-state index in [4.69, 9.17) is 0 Å². The molecule has 0 bridgehead atoms. The van der Waals surface area contributed by atoms with Crippen molar-refractivity contribution in [1.82, 2.24) is 0 Å². The number of carbonyl (C=O) groups excluding carboxylic acids is 1. The van der Waals surface area contributed by atoms with E-state index in [0.29, 0.717) is 16.7 Å².